The molecular formula is C23H33N3O4. The molecule has 0 saturated carbocycles. The molecule has 0 radical (unpaired) electrons. The van der Waals surface area contributed by atoms with Crippen molar-refractivity contribution in [1.82, 2.24) is 15.5 Å². The lowest BCUT2D eigenvalue weighted by molar-refractivity contribution is -0.122. The van der Waals surface area contributed by atoms with Gasteiger partial charge in [-0.25, -0.2) is 0 Å². The number of hydrogen-bond acceptors (Lipinski definition) is 5. The lowest BCUT2D eigenvalue weighted by Gasteiger charge is -2.25. The summed E-state index contributed by atoms with van der Waals surface area (Å²) in [6.45, 7) is 8.46. The van der Waals surface area contributed by atoms with Crippen molar-refractivity contribution in [3.05, 3.63) is 34.9 Å². The summed E-state index contributed by atoms with van der Waals surface area (Å²) in [6.07, 6.45) is 4.00. The fourth-order valence-electron chi connectivity index (χ4n) is 3.80. The Morgan fingerprint density at radius 1 is 1.27 bits per heavy atom. The second kappa shape index (κ2) is 11.6. The molecule has 1 saturated heterocycles. The maximum Gasteiger partial charge on any atom is 0.255 e. The number of Topliss-reactive ketones (excluding diaryl/α,β-unsaturated/α-hetero) is 2. The van der Waals surface area contributed by atoms with Crippen molar-refractivity contribution in [2.45, 2.75) is 65.6 Å². The monoisotopic (exact) mass is 415 g/mol. The summed E-state index contributed by atoms with van der Waals surface area (Å²) >= 11 is 0. The van der Waals surface area contributed by atoms with E-state index < -0.39 is 6.04 Å². The average Bonchev–Trinajstić information content (AvgIpc) is 3.03. The number of benzene rings is 1. The first-order valence-corrected chi connectivity index (χ1v) is 10.6. The number of hydrogen-bond donors (Lipinski definition) is 2. The van der Waals surface area contributed by atoms with Gasteiger partial charge in [-0.3, -0.25) is 14.4 Å². The molecule has 164 valence electrons. The van der Waals surface area contributed by atoms with Crippen molar-refractivity contribution in [1.29, 1.82) is 0 Å². The number of amides is 2. The van der Waals surface area contributed by atoms with E-state index in [2.05, 4.69) is 17.6 Å². The fourth-order valence-corrected chi connectivity index (χ4v) is 3.80. The van der Waals surface area contributed by atoms with Crippen LogP contribution in [0.4, 0.5) is 0 Å². The molecule has 7 heteroatoms. The quantitative estimate of drug-likeness (QED) is 0.635. The summed E-state index contributed by atoms with van der Waals surface area (Å²) in [5, 5.41) is 5.90. The molecule has 0 aliphatic carbocycles. The van der Waals surface area contributed by atoms with Crippen molar-refractivity contribution in [3.8, 4) is 0 Å². The van der Waals surface area contributed by atoms with Gasteiger partial charge in [-0.1, -0.05) is 19.1 Å². The van der Waals surface area contributed by atoms with Crippen molar-refractivity contribution in [3.63, 3.8) is 0 Å². The molecule has 0 spiro atoms. The molecule has 1 fully saturated rings. The van der Waals surface area contributed by atoms with E-state index in [1.807, 2.05) is 6.07 Å². The van der Waals surface area contributed by atoms with Gasteiger partial charge in [-0.2, -0.15) is 0 Å². The normalized spacial score (nSPS) is 16.9. The molecule has 2 N–H and O–H groups in total. The summed E-state index contributed by atoms with van der Waals surface area (Å²) in [6, 6.07) is 4.80. The smallest absolute Gasteiger partial charge is 0.255 e. The maximum absolute atomic E-state index is 12.5. The van der Waals surface area contributed by atoms with E-state index in [1.54, 1.807) is 12.1 Å². The van der Waals surface area contributed by atoms with Crippen LogP contribution in [0.25, 0.3) is 0 Å². The van der Waals surface area contributed by atoms with Gasteiger partial charge in [0, 0.05) is 25.1 Å². The molecule has 1 atom stereocenters. The first-order valence-electron chi connectivity index (χ1n) is 10.6. The summed E-state index contributed by atoms with van der Waals surface area (Å²) in [5.41, 5.74) is 2.32. The van der Waals surface area contributed by atoms with E-state index in [4.69, 9.17) is 0 Å². The number of ketones is 2. The topological polar surface area (TPSA) is 95.6 Å². The molecule has 2 amide bonds. The fraction of sp³-hybridized carbons (Fsp3) is 0.565. The van der Waals surface area contributed by atoms with Crippen LogP contribution in [0, 0.1) is 5.92 Å². The van der Waals surface area contributed by atoms with Crippen molar-refractivity contribution in [2.24, 2.45) is 5.92 Å². The van der Waals surface area contributed by atoms with E-state index in [0.29, 0.717) is 31.5 Å². The lowest BCUT2D eigenvalue weighted by Crippen LogP contribution is -2.40. The summed E-state index contributed by atoms with van der Waals surface area (Å²) in [5.74, 6) is 0.679. The highest BCUT2D eigenvalue weighted by molar-refractivity contribution is 6.01. The minimum Gasteiger partial charge on any atom is -0.355 e. The molecule has 3 rings (SSSR count). The third kappa shape index (κ3) is 6.76. The summed E-state index contributed by atoms with van der Waals surface area (Å²) in [4.78, 5) is 47.5. The van der Waals surface area contributed by atoms with E-state index in [0.717, 1.165) is 17.0 Å². The van der Waals surface area contributed by atoms with Crippen molar-refractivity contribution < 1.29 is 19.2 Å². The third-order valence-corrected chi connectivity index (χ3v) is 5.63. The van der Waals surface area contributed by atoms with E-state index in [1.165, 1.54) is 44.7 Å². The number of nitrogens with one attached hydrogen (secondary N) is 2. The number of carbonyl (C=O) groups excluding carboxylic acids is 4. The predicted octanol–water partition coefficient (Wildman–Crippen LogP) is 2.22. The Bertz CT molecular complexity index is 772. The summed E-state index contributed by atoms with van der Waals surface area (Å²) in [7, 11) is 0. The highest BCUT2D eigenvalue weighted by atomic mass is 16.2. The van der Waals surface area contributed by atoms with Crippen LogP contribution in [0.3, 0.4) is 0 Å². The third-order valence-electron chi connectivity index (χ3n) is 5.63. The molecule has 0 bridgehead atoms. The zero-order valence-corrected chi connectivity index (χ0v) is 18.2. The molecule has 30 heavy (non-hydrogen) atoms. The Labute approximate surface area is 178 Å². The molecule has 1 unspecified atom stereocenters. The van der Waals surface area contributed by atoms with Crippen LogP contribution < -0.4 is 10.6 Å². The highest BCUT2D eigenvalue weighted by Crippen LogP contribution is 2.27. The standard InChI is InChI=1S/C17H20N2O4.C6H13N/c1-11(21)3-6-16(12(2)22)19-9-14-7-13(8-18-10-20)4-5-15(14)17(19)23;1-6-2-4-7-5-3-6/h4-5,7,10,16H,3,6,8-9H2,1-2H3,(H,18,20);6-7H,2-5H2,1H3. The second-order valence-electron chi connectivity index (χ2n) is 8.22. The van der Waals surface area contributed by atoms with E-state index in [-0.39, 0.29) is 23.9 Å². The van der Waals surface area contributed by atoms with Crippen LogP contribution in [0.1, 0.15) is 67.9 Å². The van der Waals surface area contributed by atoms with Gasteiger partial charge in [-0.05, 0) is 69.3 Å². The van der Waals surface area contributed by atoms with Crippen LogP contribution in [0.2, 0.25) is 0 Å². The van der Waals surface area contributed by atoms with Gasteiger partial charge in [0.05, 0.1) is 6.04 Å². The average molecular weight is 416 g/mol. The van der Waals surface area contributed by atoms with Gasteiger partial charge >= 0.3 is 0 Å². The summed E-state index contributed by atoms with van der Waals surface area (Å²) < 4.78 is 0. The largest absolute Gasteiger partial charge is 0.355 e. The minimum atomic E-state index is -0.574. The zero-order valence-electron chi connectivity index (χ0n) is 18.2. The van der Waals surface area contributed by atoms with Gasteiger partial charge in [0.15, 0.2) is 5.78 Å². The van der Waals surface area contributed by atoms with E-state index in [9.17, 15) is 19.2 Å². The molecule has 0 aromatic heterocycles. The Hall–Kier alpha value is -2.54. The van der Waals surface area contributed by atoms with Crippen LogP contribution >= 0.6 is 0 Å². The number of fused-ring (bicyclic) bond motifs is 1. The van der Waals surface area contributed by atoms with E-state index >= 15 is 0 Å². The lowest BCUT2D eigenvalue weighted by atomic mass is 10.0. The Morgan fingerprint density at radius 2 is 1.97 bits per heavy atom. The van der Waals surface area contributed by atoms with Crippen molar-refractivity contribution in [2.75, 3.05) is 13.1 Å². The zero-order chi connectivity index (χ0) is 22.1. The molecule has 7 nitrogen and oxygen atoms in total. The maximum atomic E-state index is 12.5. The molecule has 1 aromatic rings. The Morgan fingerprint density at radius 3 is 2.50 bits per heavy atom. The van der Waals surface area contributed by atoms with Crippen LogP contribution in [-0.2, 0) is 27.5 Å². The van der Waals surface area contributed by atoms with Gasteiger partial charge in [0.25, 0.3) is 5.91 Å². The van der Waals surface area contributed by atoms with Crippen LogP contribution in [-0.4, -0.2) is 47.9 Å². The molecule has 2 aliphatic heterocycles. The Kier molecular flexibility index (Phi) is 9.17. The molecular weight excluding hydrogens is 382 g/mol. The highest BCUT2D eigenvalue weighted by Gasteiger charge is 2.34. The van der Waals surface area contributed by atoms with Crippen LogP contribution in [0.5, 0.6) is 0 Å². The van der Waals surface area contributed by atoms with Gasteiger partial charge in [-0.15, -0.1) is 0 Å². The Balaban J connectivity index is 0.000000386. The van der Waals surface area contributed by atoms with Gasteiger partial charge < -0.3 is 20.3 Å². The predicted molar refractivity (Wildman–Crippen MR) is 115 cm³/mol. The number of rotatable bonds is 8. The second-order valence-corrected chi connectivity index (χ2v) is 8.22. The molecule has 1 aromatic carbocycles. The molecule has 2 aliphatic rings. The number of nitrogens with zero attached hydrogens (tertiary/aromatic N) is 1. The minimum absolute atomic E-state index is 0.00244. The van der Waals surface area contributed by atoms with Gasteiger partial charge in [0.1, 0.15) is 5.78 Å². The first kappa shape index (κ1) is 23.7. The number of piperidine rings is 1. The first-order chi connectivity index (χ1) is 14.3. The van der Waals surface area contributed by atoms with Crippen LogP contribution in [0.15, 0.2) is 18.2 Å². The van der Waals surface area contributed by atoms with Gasteiger partial charge in [0.2, 0.25) is 6.41 Å². The SMILES string of the molecule is CC(=O)CCC(C(C)=O)N1Cc2cc(CNC=O)ccc2C1=O.CC1CCNCC1. The molecule has 2 heterocycles. The number of carbonyl (C=O) groups is 4. The van der Waals surface area contributed by atoms with Crippen molar-refractivity contribution >= 4 is 23.9 Å².